The summed E-state index contributed by atoms with van der Waals surface area (Å²) < 4.78 is 0. The number of nitrogens with zero attached hydrogens (tertiary/aromatic N) is 1. The topological polar surface area (TPSA) is 43.7 Å². The highest BCUT2D eigenvalue weighted by Crippen LogP contribution is 2.24. The van der Waals surface area contributed by atoms with Crippen molar-refractivity contribution >= 4 is 0 Å². The molecule has 0 aromatic carbocycles. The van der Waals surface area contributed by atoms with Crippen molar-refractivity contribution in [1.82, 2.24) is 4.90 Å². The SMILES string of the molecule is CC(O)C(C)(C)CN(C)C(C)(C)CO. The van der Waals surface area contributed by atoms with Crippen LogP contribution in [0.5, 0.6) is 0 Å². The molecular weight excluding hydrogens is 178 g/mol. The van der Waals surface area contributed by atoms with E-state index in [0.717, 1.165) is 6.54 Å². The van der Waals surface area contributed by atoms with Crippen molar-refractivity contribution in [2.75, 3.05) is 20.2 Å². The highest BCUT2D eigenvalue weighted by molar-refractivity contribution is 4.85. The zero-order valence-corrected chi connectivity index (χ0v) is 10.3. The molecular formula is C11H25NO2. The summed E-state index contributed by atoms with van der Waals surface area (Å²) in [6.45, 7) is 10.7. The van der Waals surface area contributed by atoms with Crippen LogP contribution < -0.4 is 0 Å². The molecule has 2 N–H and O–H groups in total. The zero-order chi connectivity index (χ0) is 11.6. The number of hydrogen-bond acceptors (Lipinski definition) is 3. The van der Waals surface area contributed by atoms with Gasteiger partial charge in [0, 0.05) is 17.5 Å². The lowest BCUT2D eigenvalue weighted by Crippen LogP contribution is -2.50. The third-order valence-electron chi connectivity index (χ3n) is 3.20. The molecule has 0 heterocycles. The molecule has 3 heteroatoms. The van der Waals surface area contributed by atoms with E-state index >= 15 is 0 Å². The number of aliphatic hydroxyl groups excluding tert-OH is 2. The van der Waals surface area contributed by atoms with Gasteiger partial charge in [-0.1, -0.05) is 13.8 Å². The smallest absolute Gasteiger partial charge is 0.0609 e. The predicted octanol–water partition coefficient (Wildman–Crippen LogP) is 1.10. The molecule has 0 aromatic heterocycles. The fourth-order valence-electron chi connectivity index (χ4n) is 1.08. The van der Waals surface area contributed by atoms with Gasteiger partial charge in [-0.05, 0) is 27.8 Å². The van der Waals surface area contributed by atoms with Gasteiger partial charge in [-0.15, -0.1) is 0 Å². The van der Waals surface area contributed by atoms with Crippen LogP contribution in [0.4, 0.5) is 0 Å². The molecule has 0 saturated heterocycles. The molecule has 0 aromatic rings. The molecule has 3 nitrogen and oxygen atoms in total. The van der Waals surface area contributed by atoms with E-state index < -0.39 is 0 Å². The third-order valence-corrected chi connectivity index (χ3v) is 3.20. The maximum atomic E-state index is 9.58. The summed E-state index contributed by atoms with van der Waals surface area (Å²) in [4.78, 5) is 2.08. The van der Waals surface area contributed by atoms with Crippen LogP contribution in [0.15, 0.2) is 0 Å². The Morgan fingerprint density at radius 3 is 1.93 bits per heavy atom. The fourth-order valence-corrected chi connectivity index (χ4v) is 1.08. The van der Waals surface area contributed by atoms with E-state index in [-0.39, 0.29) is 23.7 Å². The molecule has 0 fully saturated rings. The lowest BCUT2D eigenvalue weighted by atomic mass is 9.85. The highest BCUT2D eigenvalue weighted by Gasteiger charge is 2.31. The first-order valence-corrected chi connectivity index (χ1v) is 5.13. The second kappa shape index (κ2) is 4.60. The van der Waals surface area contributed by atoms with Gasteiger partial charge in [0.2, 0.25) is 0 Å². The van der Waals surface area contributed by atoms with Crippen LogP contribution >= 0.6 is 0 Å². The van der Waals surface area contributed by atoms with E-state index in [4.69, 9.17) is 0 Å². The molecule has 0 amide bonds. The minimum Gasteiger partial charge on any atom is -0.394 e. The molecule has 1 atom stereocenters. The van der Waals surface area contributed by atoms with Gasteiger partial charge in [0.15, 0.2) is 0 Å². The van der Waals surface area contributed by atoms with Gasteiger partial charge in [0.05, 0.1) is 12.7 Å². The number of likely N-dealkylation sites (N-methyl/N-ethyl adjacent to an activating group) is 1. The van der Waals surface area contributed by atoms with Gasteiger partial charge in [-0.2, -0.15) is 0 Å². The average Bonchev–Trinajstić information content (AvgIpc) is 2.03. The minimum absolute atomic E-state index is 0.124. The number of hydrogen-bond donors (Lipinski definition) is 2. The Bertz CT molecular complexity index is 176. The van der Waals surface area contributed by atoms with Crippen LogP contribution in [-0.2, 0) is 0 Å². The summed E-state index contributed by atoms with van der Waals surface area (Å²) in [6, 6.07) is 0. The number of aliphatic hydroxyl groups is 2. The Balaban J connectivity index is 4.39. The van der Waals surface area contributed by atoms with E-state index in [9.17, 15) is 10.2 Å². The van der Waals surface area contributed by atoms with E-state index in [2.05, 4.69) is 4.90 Å². The van der Waals surface area contributed by atoms with Crippen molar-refractivity contribution in [1.29, 1.82) is 0 Å². The first kappa shape index (κ1) is 13.9. The van der Waals surface area contributed by atoms with Gasteiger partial charge in [0.25, 0.3) is 0 Å². The normalized spacial score (nSPS) is 16.1. The van der Waals surface area contributed by atoms with E-state index in [1.165, 1.54) is 0 Å². The second-order valence-corrected chi connectivity index (χ2v) is 5.49. The summed E-state index contributed by atoms with van der Waals surface area (Å²) in [5.74, 6) is 0. The summed E-state index contributed by atoms with van der Waals surface area (Å²) >= 11 is 0. The van der Waals surface area contributed by atoms with Crippen molar-refractivity contribution in [2.45, 2.75) is 46.3 Å². The molecule has 0 radical (unpaired) electrons. The molecule has 0 aliphatic carbocycles. The molecule has 86 valence electrons. The first-order valence-electron chi connectivity index (χ1n) is 5.13. The van der Waals surface area contributed by atoms with Crippen LogP contribution in [0.1, 0.15) is 34.6 Å². The Morgan fingerprint density at radius 2 is 1.64 bits per heavy atom. The standard InChI is InChI=1S/C11H25NO2/c1-9(14)10(2,3)7-12(6)11(4,5)8-13/h9,13-14H,7-8H2,1-6H3. The van der Waals surface area contributed by atoms with Crippen LogP contribution in [0, 0.1) is 5.41 Å². The molecule has 0 aliphatic heterocycles. The van der Waals surface area contributed by atoms with E-state index in [1.807, 2.05) is 34.7 Å². The zero-order valence-electron chi connectivity index (χ0n) is 10.3. The van der Waals surface area contributed by atoms with E-state index in [0.29, 0.717) is 0 Å². The minimum atomic E-state index is -0.348. The van der Waals surface area contributed by atoms with Gasteiger partial charge in [0.1, 0.15) is 0 Å². The van der Waals surface area contributed by atoms with Crippen molar-refractivity contribution in [2.24, 2.45) is 5.41 Å². The van der Waals surface area contributed by atoms with Crippen LogP contribution in [-0.4, -0.2) is 47.0 Å². The lowest BCUT2D eigenvalue weighted by Gasteiger charge is -2.40. The average molecular weight is 203 g/mol. The van der Waals surface area contributed by atoms with Gasteiger partial charge >= 0.3 is 0 Å². The Hall–Kier alpha value is -0.120. The van der Waals surface area contributed by atoms with Crippen molar-refractivity contribution < 1.29 is 10.2 Å². The summed E-state index contributed by atoms with van der Waals surface area (Å²) in [6.07, 6.45) is -0.348. The van der Waals surface area contributed by atoms with Gasteiger partial charge < -0.3 is 10.2 Å². The Labute approximate surface area is 87.7 Å². The van der Waals surface area contributed by atoms with Crippen LogP contribution in [0.3, 0.4) is 0 Å². The van der Waals surface area contributed by atoms with E-state index in [1.54, 1.807) is 6.92 Å². The number of rotatable bonds is 5. The fraction of sp³-hybridized carbons (Fsp3) is 1.00. The molecule has 0 saturated carbocycles. The third kappa shape index (κ3) is 3.56. The second-order valence-electron chi connectivity index (χ2n) is 5.49. The first-order chi connectivity index (χ1) is 6.13. The molecule has 0 bridgehead atoms. The van der Waals surface area contributed by atoms with Crippen molar-refractivity contribution in [3.05, 3.63) is 0 Å². The van der Waals surface area contributed by atoms with Gasteiger partial charge in [-0.25, -0.2) is 0 Å². The molecule has 14 heavy (non-hydrogen) atoms. The molecule has 1 unspecified atom stereocenters. The molecule has 0 spiro atoms. The summed E-state index contributed by atoms with van der Waals surface area (Å²) in [5.41, 5.74) is -0.382. The van der Waals surface area contributed by atoms with Crippen LogP contribution in [0.25, 0.3) is 0 Å². The largest absolute Gasteiger partial charge is 0.394 e. The summed E-state index contributed by atoms with van der Waals surface area (Å²) in [5, 5.41) is 18.8. The van der Waals surface area contributed by atoms with Crippen molar-refractivity contribution in [3.8, 4) is 0 Å². The monoisotopic (exact) mass is 203 g/mol. The Kier molecular flexibility index (Phi) is 4.56. The predicted molar refractivity (Wildman–Crippen MR) is 59.3 cm³/mol. The molecule has 0 aliphatic rings. The molecule has 0 rings (SSSR count). The maximum absolute atomic E-state index is 9.58. The highest BCUT2D eigenvalue weighted by atomic mass is 16.3. The maximum Gasteiger partial charge on any atom is 0.0609 e. The summed E-state index contributed by atoms with van der Waals surface area (Å²) in [7, 11) is 1.97. The van der Waals surface area contributed by atoms with Gasteiger partial charge in [-0.3, -0.25) is 4.90 Å². The van der Waals surface area contributed by atoms with Crippen LogP contribution in [0.2, 0.25) is 0 Å². The quantitative estimate of drug-likeness (QED) is 0.703. The van der Waals surface area contributed by atoms with Crippen molar-refractivity contribution in [3.63, 3.8) is 0 Å². The lowest BCUT2D eigenvalue weighted by molar-refractivity contribution is -0.00187. The Morgan fingerprint density at radius 1 is 1.21 bits per heavy atom.